The van der Waals surface area contributed by atoms with E-state index in [1.165, 1.54) is 10.9 Å². The highest BCUT2D eigenvalue weighted by Crippen LogP contribution is 1.95. The van der Waals surface area contributed by atoms with Crippen LogP contribution in [0.5, 0.6) is 0 Å². The van der Waals surface area contributed by atoms with Gasteiger partial charge in [-0.2, -0.15) is 4.44 Å². The van der Waals surface area contributed by atoms with Gasteiger partial charge >= 0.3 is 0 Å². The van der Waals surface area contributed by atoms with Crippen LogP contribution in [-0.2, 0) is 0 Å². The number of hydrogen-bond donors (Lipinski definition) is 1. The minimum Gasteiger partial charge on any atom is -0.313 e. The highest BCUT2D eigenvalue weighted by Gasteiger charge is 1.92. The number of hydrogen-bond acceptors (Lipinski definition) is 1. The molecule has 36 valence electrons. The van der Waals surface area contributed by atoms with E-state index in [1.54, 1.807) is 0 Å². The van der Waals surface area contributed by atoms with Crippen molar-refractivity contribution in [2.24, 2.45) is 0 Å². The van der Waals surface area contributed by atoms with Gasteiger partial charge in [-0.25, -0.2) is 0 Å². The van der Waals surface area contributed by atoms with Crippen molar-refractivity contribution in [3.8, 4) is 0 Å². The summed E-state index contributed by atoms with van der Waals surface area (Å²) in [4.78, 5) is 0. The van der Waals surface area contributed by atoms with Crippen molar-refractivity contribution < 1.29 is 0 Å². The van der Waals surface area contributed by atoms with E-state index >= 15 is 0 Å². The van der Waals surface area contributed by atoms with Crippen LogP contribution in [0.15, 0.2) is 10.5 Å². The molecule has 1 aliphatic rings. The standard InChI is InChI=1S/C5H8N.Al/c1-2-4-6-5-3-1;/h2,6H,3-5H2;. The van der Waals surface area contributed by atoms with Crippen LogP contribution >= 0.6 is 0 Å². The van der Waals surface area contributed by atoms with Crippen LogP contribution in [0.25, 0.3) is 0 Å². The molecule has 1 nitrogen and oxygen atoms in total. The Morgan fingerprint density at radius 2 is 2.57 bits per heavy atom. The normalized spacial score (nSPS) is 21.4. The molecular formula is C5H8AlN. The second-order valence-electron chi connectivity index (χ2n) is 1.73. The van der Waals surface area contributed by atoms with Crippen molar-refractivity contribution >= 4 is 16.3 Å². The molecule has 0 aliphatic carbocycles. The highest BCUT2D eigenvalue weighted by atomic mass is 27.0. The molecule has 0 unspecified atom stereocenters. The summed E-state index contributed by atoms with van der Waals surface area (Å²) in [6, 6.07) is 0. The zero-order valence-electron chi connectivity index (χ0n) is 4.28. The second-order valence-corrected chi connectivity index (χ2v) is 2.47. The molecule has 0 aromatic rings. The summed E-state index contributed by atoms with van der Waals surface area (Å²) in [6.45, 7) is 2.20. The third kappa shape index (κ3) is 1.65. The first-order valence-electron chi connectivity index (χ1n) is 2.55. The fraction of sp³-hybridized carbons (Fsp3) is 0.600. The van der Waals surface area contributed by atoms with E-state index in [-0.39, 0.29) is 0 Å². The first-order valence-corrected chi connectivity index (χ1v) is 3.12. The lowest BCUT2D eigenvalue weighted by Gasteiger charge is -2.09. The van der Waals surface area contributed by atoms with Crippen LogP contribution in [0.2, 0.25) is 0 Å². The van der Waals surface area contributed by atoms with Crippen molar-refractivity contribution in [2.75, 3.05) is 13.1 Å². The minimum atomic E-state index is 1.05. The Morgan fingerprint density at radius 3 is 2.86 bits per heavy atom. The fourth-order valence-electron chi connectivity index (χ4n) is 0.640. The summed E-state index contributed by atoms with van der Waals surface area (Å²) in [6.07, 6.45) is 3.40. The summed E-state index contributed by atoms with van der Waals surface area (Å²) in [5.41, 5.74) is 0. The third-order valence-electron chi connectivity index (χ3n) is 1.10. The number of rotatable bonds is 0. The van der Waals surface area contributed by atoms with Crippen LogP contribution < -0.4 is 5.32 Å². The molecule has 0 amide bonds. The molecule has 7 heavy (non-hydrogen) atoms. The van der Waals surface area contributed by atoms with E-state index < -0.39 is 0 Å². The van der Waals surface area contributed by atoms with Crippen LogP contribution in [0.1, 0.15) is 6.42 Å². The smallest absolute Gasteiger partial charge is 0.167 e. The molecule has 1 heterocycles. The summed E-state index contributed by atoms with van der Waals surface area (Å²) in [7, 11) is 0. The Hall–Kier alpha value is 0.232. The van der Waals surface area contributed by atoms with Crippen molar-refractivity contribution in [3.05, 3.63) is 10.5 Å². The molecule has 2 radical (unpaired) electrons. The summed E-state index contributed by atoms with van der Waals surface area (Å²) >= 11 is 2.73. The SMILES string of the molecule is [Al][C]1=CCNCC1. The average molecular weight is 109 g/mol. The van der Waals surface area contributed by atoms with Crippen LogP contribution in [0.3, 0.4) is 0 Å². The molecule has 0 fully saturated rings. The van der Waals surface area contributed by atoms with E-state index in [1.807, 2.05) is 0 Å². The van der Waals surface area contributed by atoms with E-state index in [2.05, 4.69) is 27.7 Å². The number of nitrogens with one attached hydrogen (secondary N) is 1. The zero-order chi connectivity index (χ0) is 5.11. The maximum atomic E-state index is 3.23. The summed E-state index contributed by atoms with van der Waals surface area (Å²) in [5, 5.41) is 3.23. The first-order chi connectivity index (χ1) is 3.39. The monoisotopic (exact) mass is 109 g/mol. The topological polar surface area (TPSA) is 12.0 Å². The van der Waals surface area contributed by atoms with E-state index in [4.69, 9.17) is 0 Å². The van der Waals surface area contributed by atoms with Gasteiger partial charge in [0.2, 0.25) is 0 Å². The predicted molar refractivity (Wildman–Crippen MR) is 31.3 cm³/mol. The molecule has 0 saturated heterocycles. The molecule has 1 N–H and O–H groups in total. The maximum absolute atomic E-state index is 3.23. The Kier molecular flexibility index (Phi) is 1.93. The molecule has 2 heteroatoms. The quantitative estimate of drug-likeness (QED) is 0.433. The van der Waals surface area contributed by atoms with Crippen molar-refractivity contribution in [2.45, 2.75) is 6.42 Å². The van der Waals surface area contributed by atoms with Gasteiger partial charge in [0.25, 0.3) is 0 Å². The van der Waals surface area contributed by atoms with Crippen LogP contribution in [0.4, 0.5) is 0 Å². The maximum Gasteiger partial charge on any atom is 0.167 e. The second kappa shape index (κ2) is 2.52. The Balaban J connectivity index is 2.40. The van der Waals surface area contributed by atoms with Crippen LogP contribution in [-0.4, -0.2) is 29.4 Å². The van der Waals surface area contributed by atoms with Crippen molar-refractivity contribution in [1.29, 1.82) is 0 Å². The summed E-state index contributed by atoms with van der Waals surface area (Å²) < 4.78 is 1.44. The molecule has 0 bridgehead atoms. The Bertz CT molecular complexity index is 88.1. The molecule has 0 aromatic carbocycles. The lowest BCUT2D eigenvalue weighted by atomic mass is 10.3. The predicted octanol–water partition coefficient (Wildman–Crippen LogP) is 0.0321. The van der Waals surface area contributed by atoms with Gasteiger partial charge < -0.3 is 5.32 Å². The Morgan fingerprint density at radius 1 is 1.71 bits per heavy atom. The van der Waals surface area contributed by atoms with Gasteiger partial charge in [-0.3, -0.25) is 0 Å². The molecule has 0 saturated carbocycles. The Labute approximate surface area is 52.2 Å². The zero-order valence-corrected chi connectivity index (χ0v) is 5.43. The third-order valence-corrected chi connectivity index (χ3v) is 1.62. The van der Waals surface area contributed by atoms with Crippen molar-refractivity contribution in [1.82, 2.24) is 5.32 Å². The molecule has 0 atom stereocenters. The van der Waals surface area contributed by atoms with Gasteiger partial charge in [-0.15, -0.1) is 0 Å². The average Bonchev–Trinajstić information content (AvgIpc) is 1.69. The van der Waals surface area contributed by atoms with E-state index in [9.17, 15) is 0 Å². The molecule has 0 spiro atoms. The highest BCUT2D eigenvalue weighted by molar-refractivity contribution is 6.21. The lowest BCUT2D eigenvalue weighted by Crippen LogP contribution is -2.20. The molecule has 1 rings (SSSR count). The van der Waals surface area contributed by atoms with Gasteiger partial charge in [-0.1, -0.05) is 6.08 Å². The lowest BCUT2D eigenvalue weighted by molar-refractivity contribution is 0.721. The van der Waals surface area contributed by atoms with Gasteiger partial charge in [-0.05, 0) is 13.0 Å². The fourth-order valence-corrected chi connectivity index (χ4v) is 0.902. The van der Waals surface area contributed by atoms with Gasteiger partial charge in [0.15, 0.2) is 16.3 Å². The first kappa shape index (κ1) is 5.37. The molecule has 1 aliphatic heterocycles. The largest absolute Gasteiger partial charge is 0.313 e. The molecule has 0 aromatic heterocycles. The molecular weight excluding hydrogens is 101 g/mol. The van der Waals surface area contributed by atoms with E-state index in [0.29, 0.717) is 0 Å². The summed E-state index contributed by atoms with van der Waals surface area (Å²) in [5.74, 6) is 0. The van der Waals surface area contributed by atoms with Gasteiger partial charge in [0.1, 0.15) is 0 Å². The van der Waals surface area contributed by atoms with Gasteiger partial charge in [0, 0.05) is 6.54 Å². The van der Waals surface area contributed by atoms with Crippen LogP contribution in [0, 0.1) is 0 Å². The minimum absolute atomic E-state index is 1.05. The van der Waals surface area contributed by atoms with E-state index in [0.717, 1.165) is 13.1 Å². The van der Waals surface area contributed by atoms with Crippen molar-refractivity contribution in [3.63, 3.8) is 0 Å². The van der Waals surface area contributed by atoms with Gasteiger partial charge in [0.05, 0.1) is 0 Å².